The summed E-state index contributed by atoms with van der Waals surface area (Å²) in [7, 11) is 0. The summed E-state index contributed by atoms with van der Waals surface area (Å²) >= 11 is 7.51. The van der Waals surface area contributed by atoms with E-state index in [1.165, 1.54) is 23.5 Å². The van der Waals surface area contributed by atoms with Crippen LogP contribution in [0.2, 0.25) is 5.02 Å². The zero-order chi connectivity index (χ0) is 19.4. The number of thiazole rings is 1. The van der Waals surface area contributed by atoms with Crippen LogP contribution >= 0.6 is 22.9 Å². The lowest BCUT2D eigenvalue weighted by Crippen LogP contribution is -2.17. The number of anilines is 1. The molecule has 140 valence electrons. The second-order valence-corrected chi connectivity index (χ2v) is 6.69. The van der Waals surface area contributed by atoms with Crippen molar-refractivity contribution in [3.8, 4) is 16.3 Å². The normalized spacial score (nSPS) is 11.3. The fraction of sp³-hybridized carbons (Fsp3) is 0.111. The minimum atomic E-state index is -4.76. The van der Waals surface area contributed by atoms with Gasteiger partial charge >= 0.3 is 6.36 Å². The summed E-state index contributed by atoms with van der Waals surface area (Å²) in [6, 6.07) is 12.2. The summed E-state index contributed by atoms with van der Waals surface area (Å²) < 4.78 is 40.2. The molecule has 1 heterocycles. The van der Waals surface area contributed by atoms with Gasteiger partial charge in [-0.25, -0.2) is 4.98 Å². The van der Waals surface area contributed by atoms with Crippen LogP contribution in [0.3, 0.4) is 0 Å². The van der Waals surface area contributed by atoms with Gasteiger partial charge in [0.15, 0.2) is 0 Å². The van der Waals surface area contributed by atoms with Gasteiger partial charge in [-0.05, 0) is 30.3 Å². The Morgan fingerprint density at radius 2 is 1.85 bits per heavy atom. The topological polar surface area (TPSA) is 51.2 Å². The lowest BCUT2D eigenvalue weighted by Gasteiger charge is -2.09. The highest BCUT2D eigenvalue weighted by Crippen LogP contribution is 2.30. The van der Waals surface area contributed by atoms with E-state index in [9.17, 15) is 18.0 Å². The van der Waals surface area contributed by atoms with Crippen LogP contribution in [-0.2, 0) is 11.2 Å². The SMILES string of the molecule is O=C(Cc1csc(-c2ccccc2Cl)n1)Nc1ccc(OC(F)(F)F)cc1. The summed E-state index contributed by atoms with van der Waals surface area (Å²) in [4.78, 5) is 16.5. The lowest BCUT2D eigenvalue weighted by atomic mass is 10.2. The maximum atomic E-state index is 12.1. The van der Waals surface area contributed by atoms with E-state index in [2.05, 4.69) is 15.0 Å². The minimum absolute atomic E-state index is 0.0295. The van der Waals surface area contributed by atoms with Crippen molar-refractivity contribution in [2.24, 2.45) is 0 Å². The Labute approximate surface area is 161 Å². The number of hydrogen-bond donors (Lipinski definition) is 1. The Kier molecular flexibility index (Phi) is 5.67. The first-order valence-electron chi connectivity index (χ1n) is 7.65. The molecule has 0 aliphatic heterocycles. The van der Waals surface area contributed by atoms with Crippen LogP contribution in [0.4, 0.5) is 18.9 Å². The predicted molar refractivity (Wildman–Crippen MR) is 98.0 cm³/mol. The molecule has 2 aromatic carbocycles. The molecular weight excluding hydrogens is 401 g/mol. The number of amides is 1. The highest BCUT2D eigenvalue weighted by Gasteiger charge is 2.30. The summed E-state index contributed by atoms with van der Waals surface area (Å²) in [6.07, 6.45) is -4.73. The van der Waals surface area contributed by atoms with Crippen molar-refractivity contribution in [1.29, 1.82) is 0 Å². The molecule has 0 fully saturated rings. The van der Waals surface area contributed by atoms with Gasteiger partial charge in [0, 0.05) is 16.6 Å². The van der Waals surface area contributed by atoms with Crippen molar-refractivity contribution in [3.63, 3.8) is 0 Å². The van der Waals surface area contributed by atoms with E-state index < -0.39 is 6.36 Å². The number of aromatic nitrogens is 1. The van der Waals surface area contributed by atoms with Crippen LogP contribution in [0.1, 0.15) is 5.69 Å². The molecule has 3 rings (SSSR count). The highest BCUT2D eigenvalue weighted by molar-refractivity contribution is 7.13. The number of hydrogen-bond acceptors (Lipinski definition) is 4. The number of ether oxygens (including phenoxy) is 1. The average molecular weight is 413 g/mol. The van der Waals surface area contributed by atoms with Gasteiger partial charge < -0.3 is 10.1 Å². The molecule has 3 aromatic rings. The Balaban J connectivity index is 1.61. The van der Waals surface area contributed by atoms with Gasteiger partial charge in [-0.1, -0.05) is 29.8 Å². The second-order valence-electron chi connectivity index (χ2n) is 5.42. The molecule has 1 amide bonds. The van der Waals surface area contributed by atoms with Crippen molar-refractivity contribution >= 4 is 34.5 Å². The molecule has 0 atom stereocenters. The maximum absolute atomic E-state index is 12.1. The number of nitrogens with zero attached hydrogens (tertiary/aromatic N) is 1. The Morgan fingerprint density at radius 1 is 1.15 bits per heavy atom. The number of carbonyl (C=O) groups is 1. The van der Waals surface area contributed by atoms with Gasteiger partial charge in [0.25, 0.3) is 0 Å². The predicted octanol–water partition coefficient (Wildman–Crippen LogP) is 5.54. The van der Waals surface area contributed by atoms with Crippen LogP contribution in [0.5, 0.6) is 5.75 Å². The molecular formula is C18H12ClF3N2O2S. The van der Waals surface area contributed by atoms with Crippen LogP contribution in [-0.4, -0.2) is 17.3 Å². The summed E-state index contributed by atoms with van der Waals surface area (Å²) in [5.41, 5.74) is 1.72. The van der Waals surface area contributed by atoms with Crippen LogP contribution in [0.15, 0.2) is 53.9 Å². The number of rotatable bonds is 5. The van der Waals surface area contributed by atoms with E-state index in [-0.39, 0.29) is 18.1 Å². The summed E-state index contributed by atoms with van der Waals surface area (Å²) in [5, 5.41) is 5.64. The summed E-state index contributed by atoms with van der Waals surface area (Å²) in [6.45, 7) is 0. The largest absolute Gasteiger partial charge is 0.573 e. The Hall–Kier alpha value is -2.58. The number of halogens is 4. The van der Waals surface area contributed by atoms with Crippen molar-refractivity contribution in [2.45, 2.75) is 12.8 Å². The maximum Gasteiger partial charge on any atom is 0.573 e. The molecule has 9 heteroatoms. The van der Waals surface area contributed by atoms with E-state index in [0.29, 0.717) is 21.4 Å². The fourth-order valence-corrected chi connectivity index (χ4v) is 3.40. The van der Waals surface area contributed by atoms with Gasteiger partial charge in [0.1, 0.15) is 10.8 Å². The van der Waals surface area contributed by atoms with Gasteiger partial charge in [-0.3, -0.25) is 4.79 Å². The van der Waals surface area contributed by atoms with Crippen LogP contribution in [0.25, 0.3) is 10.6 Å². The number of alkyl halides is 3. The molecule has 0 radical (unpaired) electrons. The molecule has 27 heavy (non-hydrogen) atoms. The van der Waals surface area contributed by atoms with E-state index in [1.54, 1.807) is 11.4 Å². The molecule has 1 N–H and O–H groups in total. The van der Waals surface area contributed by atoms with E-state index in [1.807, 2.05) is 18.2 Å². The zero-order valence-electron chi connectivity index (χ0n) is 13.6. The first-order chi connectivity index (χ1) is 12.8. The molecule has 0 saturated carbocycles. The molecule has 0 aliphatic rings. The Bertz CT molecular complexity index is 942. The summed E-state index contributed by atoms with van der Waals surface area (Å²) in [5.74, 6) is -0.695. The molecule has 0 unspecified atom stereocenters. The highest BCUT2D eigenvalue weighted by atomic mass is 35.5. The van der Waals surface area contributed by atoms with Gasteiger partial charge in [-0.2, -0.15) is 0 Å². The molecule has 4 nitrogen and oxygen atoms in total. The first kappa shape index (κ1) is 19.2. The average Bonchev–Trinajstić information content (AvgIpc) is 3.04. The molecule has 0 aliphatic carbocycles. The van der Waals surface area contributed by atoms with Gasteiger partial charge in [-0.15, -0.1) is 24.5 Å². The van der Waals surface area contributed by atoms with E-state index >= 15 is 0 Å². The fourth-order valence-electron chi connectivity index (χ4n) is 2.26. The van der Waals surface area contributed by atoms with Gasteiger partial charge in [0.2, 0.25) is 5.91 Å². The lowest BCUT2D eigenvalue weighted by molar-refractivity contribution is -0.274. The van der Waals surface area contributed by atoms with Crippen molar-refractivity contribution in [3.05, 3.63) is 64.6 Å². The van der Waals surface area contributed by atoms with Crippen molar-refractivity contribution < 1.29 is 22.7 Å². The second kappa shape index (κ2) is 7.98. The van der Waals surface area contributed by atoms with Gasteiger partial charge in [0.05, 0.1) is 17.1 Å². The molecule has 0 saturated heterocycles. The monoisotopic (exact) mass is 412 g/mol. The third-order valence-electron chi connectivity index (χ3n) is 3.37. The number of nitrogens with one attached hydrogen (secondary N) is 1. The van der Waals surface area contributed by atoms with E-state index in [4.69, 9.17) is 11.6 Å². The molecule has 1 aromatic heterocycles. The first-order valence-corrected chi connectivity index (χ1v) is 8.91. The smallest absolute Gasteiger partial charge is 0.406 e. The van der Waals surface area contributed by atoms with Crippen LogP contribution < -0.4 is 10.1 Å². The third kappa shape index (κ3) is 5.45. The minimum Gasteiger partial charge on any atom is -0.406 e. The van der Waals surface area contributed by atoms with Crippen molar-refractivity contribution in [2.75, 3.05) is 5.32 Å². The van der Waals surface area contributed by atoms with E-state index in [0.717, 1.165) is 17.7 Å². The number of carbonyl (C=O) groups excluding carboxylic acids is 1. The zero-order valence-corrected chi connectivity index (χ0v) is 15.2. The van der Waals surface area contributed by atoms with Crippen molar-refractivity contribution in [1.82, 2.24) is 4.98 Å². The molecule has 0 bridgehead atoms. The standard InChI is InChI=1S/C18H12ClF3N2O2S/c19-15-4-2-1-3-14(15)17-24-12(10-27-17)9-16(25)23-11-5-7-13(8-6-11)26-18(20,21)22/h1-8,10H,9H2,(H,23,25). The number of benzene rings is 2. The molecule has 0 spiro atoms. The third-order valence-corrected chi connectivity index (χ3v) is 4.62. The quantitative estimate of drug-likeness (QED) is 0.598. The van der Waals surface area contributed by atoms with Crippen LogP contribution in [0, 0.1) is 0 Å². The Morgan fingerprint density at radius 3 is 2.52 bits per heavy atom.